The lowest BCUT2D eigenvalue weighted by Crippen LogP contribution is -2.24. The number of hydrogen-bond donors (Lipinski definition) is 1. The molecule has 1 heterocycles. The molecule has 0 aliphatic rings. The molecular weight excluding hydrogens is 314 g/mol. The van der Waals surface area contributed by atoms with Crippen LogP contribution in [-0.2, 0) is 7.05 Å². The molecule has 0 aliphatic heterocycles. The third kappa shape index (κ3) is 2.76. The van der Waals surface area contributed by atoms with Crippen molar-refractivity contribution in [3.63, 3.8) is 0 Å². The number of hydrogen-bond acceptors (Lipinski definition) is 2. The fourth-order valence-corrected chi connectivity index (χ4v) is 2.59. The van der Waals surface area contributed by atoms with Crippen molar-refractivity contribution in [1.29, 1.82) is 0 Å². The van der Waals surface area contributed by atoms with Gasteiger partial charge in [0.05, 0.1) is 11.7 Å². The fourth-order valence-electron chi connectivity index (χ4n) is 1.98. The molecule has 0 radical (unpaired) electrons. The van der Waals surface area contributed by atoms with E-state index in [0.717, 1.165) is 27.3 Å². The van der Waals surface area contributed by atoms with Crippen molar-refractivity contribution in [1.82, 2.24) is 15.1 Å². The summed E-state index contributed by atoms with van der Waals surface area (Å²) in [4.78, 5) is 0. The topological polar surface area (TPSA) is 29.9 Å². The van der Waals surface area contributed by atoms with Gasteiger partial charge in [0.25, 0.3) is 0 Å². The van der Waals surface area contributed by atoms with Crippen molar-refractivity contribution in [2.24, 2.45) is 7.05 Å². The van der Waals surface area contributed by atoms with Crippen molar-refractivity contribution in [3.05, 3.63) is 51.2 Å². The Morgan fingerprint density at radius 1 is 1.44 bits per heavy atom. The standard InChI is InChI=1S/C13H15BrClN3/c1-3-16-13(12-6-7-17-18(12)2)10-8-9(14)4-5-11(10)15/h4-8,13,16H,3H2,1-2H3. The van der Waals surface area contributed by atoms with Gasteiger partial charge in [0.2, 0.25) is 0 Å². The molecule has 1 aromatic carbocycles. The Morgan fingerprint density at radius 3 is 2.83 bits per heavy atom. The van der Waals surface area contributed by atoms with Gasteiger partial charge in [-0.15, -0.1) is 0 Å². The summed E-state index contributed by atoms with van der Waals surface area (Å²) >= 11 is 9.79. The summed E-state index contributed by atoms with van der Waals surface area (Å²) < 4.78 is 2.89. The highest BCUT2D eigenvalue weighted by atomic mass is 79.9. The van der Waals surface area contributed by atoms with E-state index in [1.54, 1.807) is 6.20 Å². The minimum Gasteiger partial charge on any atom is -0.305 e. The highest BCUT2D eigenvalue weighted by molar-refractivity contribution is 9.10. The number of nitrogens with one attached hydrogen (secondary N) is 1. The average Bonchev–Trinajstić information content (AvgIpc) is 2.76. The molecule has 0 spiro atoms. The molecule has 0 saturated heterocycles. The number of benzene rings is 1. The minimum atomic E-state index is 0.0486. The second kappa shape index (κ2) is 5.87. The van der Waals surface area contributed by atoms with E-state index in [1.807, 2.05) is 36.0 Å². The molecule has 0 saturated carbocycles. The van der Waals surface area contributed by atoms with E-state index in [4.69, 9.17) is 11.6 Å². The van der Waals surface area contributed by atoms with Crippen LogP contribution in [-0.4, -0.2) is 16.3 Å². The predicted molar refractivity (Wildman–Crippen MR) is 77.9 cm³/mol. The molecule has 5 heteroatoms. The third-order valence-electron chi connectivity index (χ3n) is 2.83. The Morgan fingerprint density at radius 2 is 2.22 bits per heavy atom. The van der Waals surface area contributed by atoms with Crippen molar-refractivity contribution in [2.45, 2.75) is 13.0 Å². The van der Waals surface area contributed by atoms with Crippen LogP contribution in [0.3, 0.4) is 0 Å². The molecule has 1 atom stereocenters. The summed E-state index contributed by atoms with van der Waals surface area (Å²) in [6, 6.07) is 7.94. The van der Waals surface area contributed by atoms with Gasteiger partial charge in [-0.1, -0.05) is 34.5 Å². The monoisotopic (exact) mass is 327 g/mol. The van der Waals surface area contributed by atoms with Crippen molar-refractivity contribution in [2.75, 3.05) is 6.54 Å². The van der Waals surface area contributed by atoms with Gasteiger partial charge in [-0.25, -0.2) is 0 Å². The number of rotatable bonds is 4. The smallest absolute Gasteiger partial charge is 0.0762 e. The predicted octanol–water partition coefficient (Wildman–Crippen LogP) is 3.53. The first-order valence-electron chi connectivity index (χ1n) is 5.79. The minimum absolute atomic E-state index is 0.0486. The van der Waals surface area contributed by atoms with Crippen LogP contribution in [0.1, 0.15) is 24.2 Å². The van der Waals surface area contributed by atoms with Crippen LogP contribution >= 0.6 is 27.5 Å². The van der Waals surface area contributed by atoms with Gasteiger partial charge in [0.1, 0.15) is 0 Å². The van der Waals surface area contributed by atoms with Crippen LogP contribution < -0.4 is 5.32 Å². The van der Waals surface area contributed by atoms with Gasteiger partial charge >= 0.3 is 0 Å². The lowest BCUT2D eigenvalue weighted by Gasteiger charge is -2.20. The molecule has 1 N–H and O–H groups in total. The first kappa shape index (κ1) is 13.6. The highest BCUT2D eigenvalue weighted by Crippen LogP contribution is 2.30. The van der Waals surface area contributed by atoms with E-state index in [1.165, 1.54) is 0 Å². The van der Waals surface area contributed by atoms with Crippen LogP contribution in [0.4, 0.5) is 0 Å². The van der Waals surface area contributed by atoms with E-state index in [-0.39, 0.29) is 6.04 Å². The molecule has 0 fully saturated rings. The summed E-state index contributed by atoms with van der Waals surface area (Å²) in [6.07, 6.45) is 1.80. The van der Waals surface area contributed by atoms with Crippen LogP contribution in [0.5, 0.6) is 0 Å². The van der Waals surface area contributed by atoms with Crippen LogP contribution in [0.25, 0.3) is 0 Å². The Balaban J connectivity index is 2.48. The molecule has 0 bridgehead atoms. The number of aryl methyl sites for hydroxylation is 1. The quantitative estimate of drug-likeness (QED) is 0.930. The van der Waals surface area contributed by atoms with Gasteiger partial charge in [-0.3, -0.25) is 4.68 Å². The second-order valence-electron chi connectivity index (χ2n) is 4.04. The summed E-state index contributed by atoms with van der Waals surface area (Å²) in [5.41, 5.74) is 2.15. The van der Waals surface area contributed by atoms with Crippen LogP contribution in [0.2, 0.25) is 5.02 Å². The Labute approximate surface area is 120 Å². The van der Waals surface area contributed by atoms with Gasteiger partial charge in [0.15, 0.2) is 0 Å². The number of aromatic nitrogens is 2. The van der Waals surface area contributed by atoms with Crippen molar-refractivity contribution < 1.29 is 0 Å². The first-order chi connectivity index (χ1) is 8.63. The lowest BCUT2D eigenvalue weighted by molar-refractivity contribution is 0.572. The largest absolute Gasteiger partial charge is 0.305 e. The third-order valence-corrected chi connectivity index (χ3v) is 3.67. The SMILES string of the molecule is CCNC(c1cc(Br)ccc1Cl)c1ccnn1C. The van der Waals surface area contributed by atoms with E-state index in [2.05, 4.69) is 33.3 Å². The molecule has 1 aromatic heterocycles. The van der Waals surface area contributed by atoms with Gasteiger partial charge < -0.3 is 5.32 Å². The molecular formula is C13H15BrClN3. The Kier molecular flexibility index (Phi) is 4.43. The van der Waals surface area contributed by atoms with Crippen molar-refractivity contribution >= 4 is 27.5 Å². The molecule has 0 aliphatic carbocycles. The zero-order chi connectivity index (χ0) is 13.1. The summed E-state index contributed by atoms with van der Waals surface area (Å²) in [6.45, 7) is 2.94. The molecule has 96 valence electrons. The van der Waals surface area contributed by atoms with Gasteiger partial charge in [0, 0.05) is 22.7 Å². The Bertz CT molecular complexity index is 539. The average molecular weight is 329 g/mol. The van der Waals surface area contributed by atoms with E-state index >= 15 is 0 Å². The summed E-state index contributed by atoms with van der Waals surface area (Å²) in [7, 11) is 1.94. The number of nitrogens with zero attached hydrogens (tertiary/aromatic N) is 2. The summed E-state index contributed by atoms with van der Waals surface area (Å²) in [5.74, 6) is 0. The van der Waals surface area contributed by atoms with Crippen LogP contribution in [0.15, 0.2) is 34.9 Å². The van der Waals surface area contributed by atoms with Crippen LogP contribution in [0, 0.1) is 0 Å². The molecule has 1 unspecified atom stereocenters. The van der Waals surface area contributed by atoms with Gasteiger partial charge in [-0.2, -0.15) is 5.10 Å². The molecule has 18 heavy (non-hydrogen) atoms. The van der Waals surface area contributed by atoms with E-state index in [0.29, 0.717) is 0 Å². The maximum atomic E-state index is 6.31. The Hall–Kier alpha value is -0.840. The molecule has 2 rings (SSSR count). The second-order valence-corrected chi connectivity index (χ2v) is 5.36. The summed E-state index contributed by atoms with van der Waals surface area (Å²) in [5, 5.41) is 8.42. The van der Waals surface area contributed by atoms with Crippen molar-refractivity contribution in [3.8, 4) is 0 Å². The normalized spacial score (nSPS) is 12.7. The van der Waals surface area contributed by atoms with E-state index < -0.39 is 0 Å². The fraction of sp³-hybridized carbons (Fsp3) is 0.308. The zero-order valence-electron chi connectivity index (χ0n) is 10.3. The van der Waals surface area contributed by atoms with E-state index in [9.17, 15) is 0 Å². The lowest BCUT2D eigenvalue weighted by atomic mass is 10.0. The molecule has 0 amide bonds. The molecule has 3 nitrogen and oxygen atoms in total. The maximum absolute atomic E-state index is 6.31. The number of halogens is 2. The highest BCUT2D eigenvalue weighted by Gasteiger charge is 2.19. The maximum Gasteiger partial charge on any atom is 0.0762 e. The zero-order valence-corrected chi connectivity index (χ0v) is 12.7. The van der Waals surface area contributed by atoms with Gasteiger partial charge in [-0.05, 0) is 36.4 Å². The first-order valence-corrected chi connectivity index (χ1v) is 6.96. The molecule has 2 aromatic rings.